The molecule has 1 saturated carbocycles. The highest BCUT2D eigenvalue weighted by Gasteiger charge is 2.17. The van der Waals surface area contributed by atoms with Gasteiger partial charge in [0, 0.05) is 6.54 Å². The SMILES string of the molecule is CC1CCCC(CCNCc2csc(Br)c2)C1. The smallest absolute Gasteiger partial charge is 0.0701 e. The van der Waals surface area contributed by atoms with E-state index in [1.807, 2.05) is 0 Å². The van der Waals surface area contributed by atoms with Crippen LogP contribution in [0.1, 0.15) is 44.6 Å². The minimum Gasteiger partial charge on any atom is -0.313 e. The van der Waals surface area contributed by atoms with Crippen molar-refractivity contribution in [2.75, 3.05) is 6.54 Å². The predicted molar refractivity (Wildman–Crippen MR) is 79.5 cm³/mol. The van der Waals surface area contributed by atoms with Crippen LogP contribution >= 0.6 is 27.3 Å². The van der Waals surface area contributed by atoms with Crippen molar-refractivity contribution in [1.82, 2.24) is 5.32 Å². The second-order valence-electron chi connectivity index (χ2n) is 5.36. The second kappa shape index (κ2) is 6.91. The first-order chi connectivity index (χ1) is 8.24. The molecule has 0 aromatic carbocycles. The Hall–Kier alpha value is 0.140. The normalized spacial score (nSPS) is 25.1. The third-order valence-electron chi connectivity index (χ3n) is 3.73. The van der Waals surface area contributed by atoms with Gasteiger partial charge in [-0.15, -0.1) is 11.3 Å². The van der Waals surface area contributed by atoms with Crippen LogP contribution in [-0.2, 0) is 6.54 Å². The Kier molecular flexibility index (Phi) is 5.51. The number of halogens is 1. The summed E-state index contributed by atoms with van der Waals surface area (Å²) in [5, 5.41) is 5.78. The quantitative estimate of drug-likeness (QED) is 0.768. The molecule has 1 aliphatic carbocycles. The maximum atomic E-state index is 3.56. The molecule has 0 amide bonds. The topological polar surface area (TPSA) is 12.0 Å². The van der Waals surface area contributed by atoms with Crippen molar-refractivity contribution in [3.05, 3.63) is 20.8 Å². The van der Waals surface area contributed by atoms with E-state index < -0.39 is 0 Å². The third kappa shape index (κ3) is 4.72. The van der Waals surface area contributed by atoms with Crippen LogP contribution in [0, 0.1) is 11.8 Å². The van der Waals surface area contributed by atoms with Crippen LogP contribution in [0.3, 0.4) is 0 Å². The summed E-state index contributed by atoms with van der Waals surface area (Å²) in [6, 6.07) is 2.21. The summed E-state index contributed by atoms with van der Waals surface area (Å²) in [6.07, 6.45) is 7.16. The van der Waals surface area contributed by atoms with Gasteiger partial charge in [-0.25, -0.2) is 0 Å². The molecule has 3 heteroatoms. The second-order valence-corrected chi connectivity index (χ2v) is 7.65. The predicted octanol–water partition coefficient (Wildman–Crippen LogP) is 4.82. The fourth-order valence-corrected chi connectivity index (χ4v) is 4.01. The standard InChI is InChI=1S/C14H22BrNS/c1-11-3-2-4-12(7-11)5-6-16-9-13-8-14(15)17-10-13/h8,10-12,16H,2-7,9H2,1H3. The van der Waals surface area contributed by atoms with Crippen molar-refractivity contribution in [2.45, 2.75) is 45.6 Å². The largest absolute Gasteiger partial charge is 0.313 e. The van der Waals surface area contributed by atoms with E-state index in [2.05, 4.69) is 39.6 Å². The number of hydrogen-bond donors (Lipinski definition) is 1. The average Bonchev–Trinajstić information content (AvgIpc) is 2.71. The van der Waals surface area contributed by atoms with Crippen molar-refractivity contribution >= 4 is 27.3 Å². The molecule has 0 spiro atoms. The fourth-order valence-electron chi connectivity index (χ4n) is 2.80. The molecule has 17 heavy (non-hydrogen) atoms. The van der Waals surface area contributed by atoms with E-state index in [0.717, 1.165) is 18.4 Å². The van der Waals surface area contributed by atoms with Crippen LogP contribution < -0.4 is 5.32 Å². The van der Waals surface area contributed by atoms with Crippen LogP contribution in [-0.4, -0.2) is 6.54 Å². The molecule has 0 radical (unpaired) electrons. The van der Waals surface area contributed by atoms with E-state index in [1.54, 1.807) is 11.3 Å². The van der Waals surface area contributed by atoms with Crippen LogP contribution in [0.4, 0.5) is 0 Å². The van der Waals surface area contributed by atoms with Gasteiger partial charge >= 0.3 is 0 Å². The Morgan fingerprint density at radius 3 is 3.06 bits per heavy atom. The maximum Gasteiger partial charge on any atom is 0.0701 e. The lowest BCUT2D eigenvalue weighted by Crippen LogP contribution is -2.20. The molecule has 0 saturated heterocycles. The molecule has 0 bridgehead atoms. The van der Waals surface area contributed by atoms with Crippen LogP contribution in [0.5, 0.6) is 0 Å². The van der Waals surface area contributed by atoms with Gasteiger partial charge < -0.3 is 5.32 Å². The first-order valence-electron chi connectivity index (χ1n) is 6.67. The fraction of sp³-hybridized carbons (Fsp3) is 0.714. The molecule has 2 atom stereocenters. The highest BCUT2D eigenvalue weighted by Crippen LogP contribution is 2.30. The number of nitrogens with one attached hydrogen (secondary N) is 1. The van der Waals surface area contributed by atoms with Gasteiger partial charge in [0.15, 0.2) is 0 Å². The summed E-state index contributed by atoms with van der Waals surface area (Å²) in [5.41, 5.74) is 1.40. The monoisotopic (exact) mass is 315 g/mol. The summed E-state index contributed by atoms with van der Waals surface area (Å²) in [6.45, 7) is 4.59. The molecule has 1 aliphatic rings. The van der Waals surface area contributed by atoms with Crippen molar-refractivity contribution < 1.29 is 0 Å². The van der Waals surface area contributed by atoms with Gasteiger partial charge in [0.2, 0.25) is 0 Å². The summed E-state index contributed by atoms with van der Waals surface area (Å²) in [4.78, 5) is 0. The molecular formula is C14H22BrNS. The Bertz CT molecular complexity index is 337. The highest BCUT2D eigenvalue weighted by atomic mass is 79.9. The van der Waals surface area contributed by atoms with E-state index in [4.69, 9.17) is 0 Å². The zero-order valence-corrected chi connectivity index (χ0v) is 12.9. The minimum atomic E-state index is 0.960. The van der Waals surface area contributed by atoms with E-state index >= 15 is 0 Å². The van der Waals surface area contributed by atoms with Gasteiger partial charge in [0.25, 0.3) is 0 Å². The molecule has 1 fully saturated rings. The van der Waals surface area contributed by atoms with E-state index in [-0.39, 0.29) is 0 Å². The molecule has 0 aliphatic heterocycles. The van der Waals surface area contributed by atoms with Crippen LogP contribution in [0.2, 0.25) is 0 Å². The first-order valence-corrected chi connectivity index (χ1v) is 8.35. The third-order valence-corrected chi connectivity index (χ3v) is 5.28. The van der Waals surface area contributed by atoms with Crippen LogP contribution in [0.15, 0.2) is 15.2 Å². The minimum absolute atomic E-state index is 0.960. The van der Waals surface area contributed by atoms with Gasteiger partial charge in [-0.1, -0.05) is 26.2 Å². The molecule has 96 valence electrons. The average molecular weight is 316 g/mol. The molecule has 1 aromatic rings. The maximum absolute atomic E-state index is 3.56. The summed E-state index contributed by atoms with van der Waals surface area (Å²) < 4.78 is 1.23. The van der Waals surface area contributed by atoms with Gasteiger partial charge in [-0.3, -0.25) is 0 Å². The molecule has 1 N–H and O–H groups in total. The lowest BCUT2D eigenvalue weighted by Gasteiger charge is -2.26. The van der Waals surface area contributed by atoms with Gasteiger partial charge in [-0.2, -0.15) is 0 Å². The number of hydrogen-bond acceptors (Lipinski definition) is 2. The molecular weight excluding hydrogens is 294 g/mol. The lowest BCUT2D eigenvalue weighted by molar-refractivity contribution is 0.267. The molecule has 1 nitrogen and oxygen atoms in total. The van der Waals surface area contributed by atoms with Crippen molar-refractivity contribution in [1.29, 1.82) is 0 Å². The molecule has 2 rings (SSSR count). The van der Waals surface area contributed by atoms with Gasteiger partial charge in [0.1, 0.15) is 0 Å². The highest BCUT2D eigenvalue weighted by molar-refractivity contribution is 9.11. The Morgan fingerprint density at radius 1 is 1.47 bits per heavy atom. The molecule has 1 heterocycles. The summed E-state index contributed by atoms with van der Waals surface area (Å²) >= 11 is 5.27. The van der Waals surface area contributed by atoms with Crippen molar-refractivity contribution in [2.24, 2.45) is 11.8 Å². The van der Waals surface area contributed by atoms with E-state index in [0.29, 0.717) is 0 Å². The number of rotatable bonds is 5. The van der Waals surface area contributed by atoms with E-state index in [9.17, 15) is 0 Å². The van der Waals surface area contributed by atoms with Gasteiger partial charge in [0.05, 0.1) is 3.79 Å². The lowest BCUT2D eigenvalue weighted by atomic mass is 9.81. The molecule has 2 unspecified atom stereocenters. The Balaban J connectivity index is 1.59. The van der Waals surface area contributed by atoms with Crippen molar-refractivity contribution in [3.63, 3.8) is 0 Å². The Labute approximate surface area is 117 Å². The zero-order chi connectivity index (χ0) is 12.1. The number of thiophene rings is 1. The summed E-state index contributed by atoms with van der Waals surface area (Å²) in [5.74, 6) is 1.93. The molecule has 1 aromatic heterocycles. The van der Waals surface area contributed by atoms with Gasteiger partial charge in [-0.05, 0) is 64.2 Å². The Morgan fingerprint density at radius 2 is 2.35 bits per heavy atom. The van der Waals surface area contributed by atoms with Crippen molar-refractivity contribution in [3.8, 4) is 0 Å². The zero-order valence-electron chi connectivity index (χ0n) is 10.5. The van der Waals surface area contributed by atoms with Crippen LogP contribution in [0.25, 0.3) is 0 Å². The summed E-state index contributed by atoms with van der Waals surface area (Å²) in [7, 11) is 0. The first kappa shape index (κ1) is 13.6. The van der Waals surface area contributed by atoms with E-state index in [1.165, 1.54) is 48.0 Å².